The molecule has 0 bridgehead atoms. The maximum Gasteiger partial charge on any atom is 0.263 e. The molecule has 26 heavy (non-hydrogen) atoms. The molecule has 0 saturated carbocycles. The Morgan fingerprint density at radius 2 is 1.65 bits per heavy atom. The summed E-state index contributed by atoms with van der Waals surface area (Å²) in [6.45, 7) is 1.85. The van der Waals surface area contributed by atoms with Crippen LogP contribution in [0.25, 0.3) is 0 Å². The van der Waals surface area contributed by atoms with E-state index >= 15 is 0 Å². The Hall–Kier alpha value is -3.19. The quantitative estimate of drug-likeness (QED) is 0.723. The highest BCUT2D eigenvalue weighted by Gasteiger charge is 2.16. The minimum Gasteiger partial charge on any atom is -0.322 e. The number of hydrogen-bond donors (Lipinski definition) is 2. The van der Waals surface area contributed by atoms with Crippen molar-refractivity contribution < 1.29 is 13.2 Å². The van der Waals surface area contributed by atoms with E-state index in [0.29, 0.717) is 11.3 Å². The van der Waals surface area contributed by atoms with Gasteiger partial charge in [0.1, 0.15) is 5.82 Å². The van der Waals surface area contributed by atoms with E-state index in [2.05, 4.69) is 15.0 Å². The molecule has 1 amide bonds. The third kappa shape index (κ3) is 4.25. The zero-order valence-electron chi connectivity index (χ0n) is 14.0. The number of aryl methyl sites for hydroxylation is 1. The number of pyridine rings is 1. The standard InChI is InChI=1S/C19H17N3O3S/c1-14-11-12-20-18(13-14)22-26(24,25)17-9-7-15(8-10-17)19(23)21-16-5-3-2-4-6-16/h2-13H,1H3,(H,20,22)(H,21,23). The Morgan fingerprint density at radius 1 is 0.962 bits per heavy atom. The minimum absolute atomic E-state index is 0.0528. The number of para-hydroxylation sites is 1. The second-order valence-electron chi connectivity index (χ2n) is 5.67. The molecule has 0 unspecified atom stereocenters. The van der Waals surface area contributed by atoms with Crippen LogP contribution in [0.2, 0.25) is 0 Å². The lowest BCUT2D eigenvalue weighted by molar-refractivity contribution is 0.102. The van der Waals surface area contributed by atoms with E-state index in [4.69, 9.17) is 0 Å². The Bertz CT molecular complexity index is 1020. The highest BCUT2D eigenvalue weighted by atomic mass is 32.2. The molecule has 7 heteroatoms. The summed E-state index contributed by atoms with van der Waals surface area (Å²) in [7, 11) is -3.78. The second-order valence-corrected chi connectivity index (χ2v) is 7.35. The van der Waals surface area contributed by atoms with Crippen LogP contribution in [0.5, 0.6) is 0 Å². The van der Waals surface area contributed by atoms with Crippen LogP contribution < -0.4 is 10.0 Å². The van der Waals surface area contributed by atoms with Crippen molar-refractivity contribution in [2.75, 3.05) is 10.0 Å². The van der Waals surface area contributed by atoms with E-state index in [1.165, 1.54) is 30.5 Å². The summed E-state index contributed by atoms with van der Waals surface area (Å²) in [5, 5.41) is 2.75. The number of anilines is 2. The molecule has 0 saturated heterocycles. The molecule has 132 valence electrons. The van der Waals surface area contributed by atoms with Gasteiger partial charge < -0.3 is 5.32 Å². The monoisotopic (exact) mass is 367 g/mol. The first-order valence-electron chi connectivity index (χ1n) is 7.86. The SMILES string of the molecule is Cc1ccnc(NS(=O)(=O)c2ccc(C(=O)Nc3ccccc3)cc2)c1. The van der Waals surface area contributed by atoms with Gasteiger partial charge in [0.15, 0.2) is 0 Å². The van der Waals surface area contributed by atoms with Gasteiger partial charge in [-0.25, -0.2) is 13.4 Å². The summed E-state index contributed by atoms with van der Waals surface area (Å²) in [6.07, 6.45) is 1.53. The van der Waals surface area contributed by atoms with Gasteiger partial charge in [0.05, 0.1) is 4.90 Å². The van der Waals surface area contributed by atoms with Crippen LogP contribution >= 0.6 is 0 Å². The Morgan fingerprint density at radius 3 is 2.31 bits per heavy atom. The van der Waals surface area contributed by atoms with E-state index in [1.54, 1.807) is 24.3 Å². The van der Waals surface area contributed by atoms with Crippen LogP contribution in [-0.4, -0.2) is 19.3 Å². The molecular formula is C19H17N3O3S. The maximum atomic E-state index is 12.4. The van der Waals surface area contributed by atoms with Crippen molar-refractivity contribution in [2.24, 2.45) is 0 Å². The molecule has 0 radical (unpaired) electrons. The van der Waals surface area contributed by atoms with Crippen molar-refractivity contribution in [3.8, 4) is 0 Å². The summed E-state index contributed by atoms with van der Waals surface area (Å²) >= 11 is 0. The lowest BCUT2D eigenvalue weighted by atomic mass is 10.2. The van der Waals surface area contributed by atoms with Crippen LogP contribution in [0.4, 0.5) is 11.5 Å². The average Bonchev–Trinajstić information content (AvgIpc) is 2.62. The highest BCUT2D eigenvalue weighted by Crippen LogP contribution is 2.16. The Labute approximate surface area is 152 Å². The first-order chi connectivity index (χ1) is 12.4. The number of nitrogens with zero attached hydrogens (tertiary/aromatic N) is 1. The third-order valence-electron chi connectivity index (χ3n) is 3.61. The van der Waals surface area contributed by atoms with Crippen molar-refractivity contribution in [3.05, 3.63) is 84.1 Å². The van der Waals surface area contributed by atoms with E-state index in [1.807, 2.05) is 25.1 Å². The van der Waals surface area contributed by atoms with Gasteiger partial charge in [-0.1, -0.05) is 18.2 Å². The molecule has 6 nitrogen and oxygen atoms in total. The van der Waals surface area contributed by atoms with Crippen molar-refractivity contribution in [1.29, 1.82) is 0 Å². The molecule has 0 atom stereocenters. The van der Waals surface area contributed by atoms with Gasteiger partial charge >= 0.3 is 0 Å². The largest absolute Gasteiger partial charge is 0.322 e. The molecule has 0 spiro atoms. The molecule has 2 N–H and O–H groups in total. The van der Waals surface area contributed by atoms with E-state index < -0.39 is 10.0 Å². The molecule has 2 aromatic carbocycles. The number of rotatable bonds is 5. The summed E-state index contributed by atoms with van der Waals surface area (Å²) in [6, 6.07) is 18.2. The van der Waals surface area contributed by atoms with Gasteiger partial charge in [0.2, 0.25) is 0 Å². The van der Waals surface area contributed by atoms with Gasteiger partial charge in [-0.15, -0.1) is 0 Å². The molecule has 3 rings (SSSR count). The summed E-state index contributed by atoms with van der Waals surface area (Å²) in [5.41, 5.74) is 1.92. The van der Waals surface area contributed by atoms with Gasteiger partial charge in [-0.05, 0) is 61.0 Å². The van der Waals surface area contributed by atoms with Crippen molar-refractivity contribution in [1.82, 2.24) is 4.98 Å². The van der Waals surface area contributed by atoms with Gasteiger partial charge in [0.25, 0.3) is 15.9 Å². The fourth-order valence-electron chi connectivity index (χ4n) is 2.30. The summed E-state index contributed by atoms with van der Waals surface area (Å²) in [4.78, 5) is 16.3. The van der Waals surface area contributed by atoms with Crippen LogP contribution in [0.1, 0.15) is 15.9 Å². The lowest BCUT2D eigenvalue weighted by Gasteiger charge is -2.09. The molecule has 0 aliphatic rings. The number of carbonyl (C=O) groups excluding carboxylic acids is 1. The minimum atomic E-state index is -3.78. The number of benzene rings is 2. The second kappa shape index (κ2) is 7.37. The zero-order chi connectivity index (χ0) is 18.6. The maximum absolute atomic E-state index is 12.4. The van der Waals surface area contributed by atoms with Crippen LogP contribution in [0.15, 0.2) is 77.8 Å². The Kier molecular flexibility index (Phi) is 4.99. The first-order valence-corrected chi connectivity index (χ1v) is 9.34. The lowest BCUT2D eigenvalue weighted by Crippen LogP contribution is -2.15. The first kappa shape index (κ1) is 17.6. The molecule has 0 aliphatic heterocycles. The normalized spacial score (nSPS) is 11.0. The van der Waals surface area contributed by atoms with Crippen LogP contribution in [0.3, 0.4) is 0 Å². The van der Waals surface area contributed by atoms with Gasteiger partial charge in [-0.3, -0.25) is 9.52 Å². The number of nitrogens with one attached hydrogen (secondary N) is 2. The van der Waals surface area contributed by atoms with Gasteiger partial charge in [-0.2, -0.15) is 0 Å². The van der Waals surface area contributed by atoms with Crippen molar-refractivity contribution >= 4 is 27.4 Å². The van der Waals surface area contributed by atoms with E-state index in [0.717, 1.165) is 5.56 Å². The Balaban J connectivity index is 1.75. The van der Waals surface area contributed by atoms with Crippen molar-refractivity contribution in [3.63, 3.8) is 0 Å². The number of sulfonamides is 1. The molecular weight excluding hydrogens is 350 g/mol. The fraction of sp³-hybridized carbons (Fsp3) is 0.0526. The van der Waals surface area contributed by atoms with Crippen LogP contribution in [-0.2, 0) is 10.0 Å². The molecule has 0 fully saturated rings. The fourth-order valence-corrected chi connectivity index (χ4v) is 3.30. The number of aromatic nitrogens is 1. The molecule has 1 heterocycles. The predicted molar refractivity (Wildman–Crippen MR) is 101 cm³/mol. The molecule has 0 aliphatic carbocycles. The predicted octanol–water partition coefficient (Wildman–Crippen LogP) is 3.44. The average molecular weight is 367 g/mol. The third-order valence-corrected chi connectivity index (χ3v) is 4.98. The molecule has 1 aromatic heterocycles. The summed E-state index contributed by atoms with van der Waals surface area (Å²) < 4.78 is 27.3. The number of hydrogen-bond acceptors (Lipinski definition) is 4. The van der Waals surface area contributed by atoms with E-state index in [-0.39, 0.29) is 16.6 Å². The van der Waals surface area contributed by atoms with Crippen LogP contribution in [0, 0.1) is 6.92 Å². The van der Waals surface area contributed by atoms with Gasteiger partial charge in [0, 0.05) is 17.4 Å². The number of amides is 1. The number of carbonyl (C=O) groups is 1. The highest BCUT2D eigenvalue weighted by molar-refractivity contribution is 7.92. The van der Waals surface area contributed by atoms with Crippen molar-refractivity contribution in [2.45, 2.75) is 11.8 Å². The van der Waals surface area contributed by atoms with E-state index in [9.17, 15) is 13.2 Å². The molecule has 3 aromatic rings. The topological polar surface area (TPSA) is 88.2 Å². The zero-order valence-corrected chi connectivity index (χ0v) is 14.8. The smallest absolute Gasteiger partial charge is 0.263 e. The summed E-state index contributed by atoms with van der Waals surface area (Å²) in [5.74, 6) is -0.0654.